The third-order valence-corrected chi connectivity index (χ3v) is 3.86. The number of hydrogen-bond acceptors (Lipinski definition) is 4. The maximum atomic E-state index is 12.5. The van der Waals surface area contributed by atoms with Crippen molar-refractivity contribution in [1.29, 1.82) is 0 Å². The van der Waals surface area contributed by atoms with Gasteiger partial charge in [0.2, 0.25) is 5.78 Å². The van der Waals surface area contributed by atoms with Gasteiger partial charge in [-0.1, -0.05) is 12.1 Å². The van der Waals surface area contributed by atoms with Crippen LogP contribution in [0.5, 0.6) is 17.2 Å². The lowest BCUT2D eigenvalue weighted by atomic mass is 10.1. The van der Waals surface area contributed by atoms with Gasteiger partial charge in [-0.2, -0.15) is 0 Å². The number of fused-ring (bicyclic) bond motifs is 1. The van der Waals surface area contributed by atoms with Crippen molar-refractivity contribution in [2.45, 2.75) is 6.10 Å². The molecule has 1 aliphatic rings. The van der Waals surface area contributed by atoms with Gasteiger partial charge in [-0.25, -0.2) is 0 Å². The fraction of sp³-hybridized carbons (Fsp3) is 0.188. The molecule has 0 saturated carbocycles. The summed E-state index contributed by atoms with van der Waals surface area (Å²) < 4.78 is 17.2. The van der Waals surface area contributed by atoms with Crippen LogP contribution in [-0.4, -0.2) is 25.6 Å². The minimum Gasteiger partial charge on any atom is -0.496 e. The first kappa shape index (κ1) is 13.9. The van der Waals surface area contributed by atoms with Crippen LogP contribution in [0.25, 0.3) is 0 Å². The molecule has 108 valence electrons. The monoisotopic (exact) mass is 348 g/mol. The van der Waals surface area contributed by atoms with Crippen LogP contribution in [0.4, 0.5) is 0 Å². The van der Waals surface area contributed by atoms with E-state index in [1.807, 2.05) is 18.2 Å². The quantitative estimate of drug-likeness (QED) is 0.796. The zero-order chi connectivity index (χ0) is 14.8. The van der Waals surface area contributed by atoms with Crippen LogP contribution in [0.15, 0.2) is 46.9 Å². The van der Waals surface area contributed by atoms with Crippen LogP contribution in [0.3, 0.4) is 0 Å². The van der Waals surface area contributed by atoms with E-state index >= 15 is 0 Å². The molecule has 0 fully saturated rings. The third-order valence-electron chi connectivity index (χ3n) is 3.24. The van der Waals surface area contributed by atoms with Gasteiger partial charge in [-0.05, 0) is 46.3 Å². The van der Waals surface area contributed by atoms with Crippen molar-refractivity contribution in [3.63, 3.8) is 0 Å². The largest absolute Gasteiger partial charge is 0.496 e. The first-order valence-corrected chi connectivity index (χ1v) is 7.24. The summed E-state index contributed by atoms with van der Waals surface area (Å²) in [6.07, 6.45) is -0.639. The average Bonchev–Trinajstić information content (AvgIpc) is 2.53. The summed E-state index contributed by atoms with van der Waals surface area (Å²) >= 11 is 3.38. The number of ketones is 1. The predicted molar refractivity (Wildman–Crippen MR) is 81.4 cm³/mol. The Morgan fingerprint density at radius 1 is 1.24 bits per heavy atom. The Hall–Kier alpha value is -2.01. The summed E-state index contributed by atoms with van der Waals surface area (Å²) in [5.74, 6) is 1.82. The number of hydrogen-bond donors (Lipinski definition) is 0. The molecule has 21 heavy (non-hydrogen) atoms. The first-order chi connectivity index (χ1) is 10.2. The van der Waals surface area contributed by atoms with Gasteiger partial charge >= 0.3 is 0 Å². The van der Waals surface area contributed by atoms with E-state index in [4.69, 9.17) is 14.2 Å². The molecule has 1 unspecified atom stereocenters. The summed E-state index contributed by atoms with van der Waals surface area (Å²) in [5, 5.41) is 0. The predicted octanol–water partition coefficient (Wildman–Crippen LogP) is 3.48. The number of Topliss-reactive ketones (excluding diaryl/α,β-unsaturated/α-hetero) is 1. The fourth-order valence-electron chi connectivity index (χ4n) is 2.15. The van der Waals surface area contributed by atoms with Crippen molar-refractivity contribution < 1.29 is 19.0 Å². The van der Waals surface area contributed by atoms with Crippen LogP contribution in [0.1, 0.15) is 10.4 Å². The zero-order valence-corrected chi connectivity index (χ0v) is 12.9. The van der Waals surface area contributed by atoms with E-state index in [0.29, 0.717) is 22.8 Å². The summed E-state index contributed by atoms with van der Waals surface area (Å²) in [6, 6.07) is 12.5. The second-order valence-corrected chi connectivity index (χ2v) is 5.43. The fourth-order valence-corrected chi connectivity index (χ4v) is 2.69. The highest BCUT2D eigenvalue weighted by Gasteiger charge is 2.28. The van der Waals surface area contributed by atoms with Crippen LogP contribution in [0.2, 0.25) is 0 Å². The maximum absolute atomic E-state index is 12.5. The molecule has 2 aromatic rings. The van der Waals surface area contributed by atoms with E-state index in [9.17, 15) is 4.79 Å². The van der Waals surface area contributed by atoms with Gasteiger partial charge < -0.3 is 14.2 Å². The minimum atomic E-state index is -0.639. The van der Waals surface area contributed by atoms with Crippen molar-refractivity contribution in [3.05, 3.63) is 52.5 Å². The Morgan fingerprint density at radius 3 is 2.71 bits per heavy atom. The number of benzene rings is 2. The second-order valence-electron chi connectivity index (χ2n) is 4.58. The molecule has 3 rings (SSSR count). The Bertz CT molecular complexity index is 684. The molecule has 0 aliphatic carbocycles. The highest BCUT2D eigenvalue weighted by atomic mass is 79.9. The highest BCUT2D eigenvalue weighted by Crippen LogP contribution is 2.32. The van der Waals surface area contributed by atoms with Crippen molar-refractivity contribution in [2.24, 2.45) is 0 Å². The number of rotatable bonds is 3. The van der Waals surface area contributed by atoms with Gasteiger partial charge in [0.1, 0.15) is 12.4 Å². The molecule has 0 aromatic heterocycles. The molecule has 0 bridgehead atoms. The molecule has 0 amide bonds. The molecule has 0 spiro atoms. The van der Waals surface area contributed by atoms with Gasteiger partial charge in [0, 0.05) is 5.56 Å². The van der Waals surface area contributed by atoms with Crippen molar-refractivity contribution in [3.8, 4) is 17.2 Å². The van der Waals surface area contributed by atoms with Gasteiger partial charge in [0.25, 0.3) is 0 Å². The number of para-hydroxylation sites is 2. The van der Waals surface area contributed by atoms with Crippen molar-refractivity contribution in [1.82, 2.24) is 0 Å². The smallest absolute Gasteiger partial charge is 0.206 e. The summed E-state index contributed by atoms with van der Waals surface area (Å²) in [5.41, 5.74) is 0.552. The molecular formula is C16H13BrO4. The molecule has 2 aromatic carbocycles. The van der Waals surface area contributed by atoms with E-state index < -0.39 is 6.10 Å². The molecule has 0 N–H and O–H groups in total. The van der Waals surface area contributed by atoms with Gasteiger partial charge in [-0.15, -0.1) is 0 Å². The summed E-state index contributed by atoms with van der Waals surface area (Å²) in [6.45, 7) is 0.208. The Morgan fingerprint density at radius 2 is 2.00 bits per heavy atom. The number of halogens is 1. The van der Waals surface area contributed by atoms with Gasteiger partial charge in [-0.3, -0.25) is 4.79 Å². The van der Waals surface area contributed by atoms with E-state index in [0.717, 1.165) is 4.47 Å². The minimum absolute atomic E-state index is 0.118. The molecule has 1 heterocycles. The van der Waals surface area contributed by atoms with Crippen molar-refractivity contribution >= 4 is 21.7 Å². The SMILES string of the molecule is COc1ccc(C(=O)C2COc3ccccc3O2)cc1Br. The lowest BCUT2D eigenvalue weighted by Crippen LogP contribution is -2.36. The van der Waals surface area contributed by atoms with Gasteiger partial charge in [0.15, 0.2) is 17.6 Å². The van der Waals surface area contributed by atoms with Gasteiger partial charge in [0.05, 0.1) is 11.6 Å². The standard InChI is InChI=1S/C16H13BrO4/c1-19-12-7-6-10(8-11(12)17)16(18)15-9-20-13-4-2-3-5-14(13)21-15/h2-8,15H,9H2,1H3. The highest BCUT2D eigenvalue weighted by molar-refractivity contribution is 9.10. The second kappa shape index (κ2) is 5.77. The third kappa shape index (κ3) is 2.74. The molecule has 5 heteroatoms. The lowest BCUT2D eigenvalue weighted by Gasteiger charge is -2.25. The zero-order valence-electron chi connectivity index (χ0n) is 11.3. The molecule has 0 saturated heterocycles. The summed E-state index contributed by atoms with van der Waals surface area (Å²) in [7, 11) is 1.58. The van der Waals surface area contributed by atoms with E-state index in [2.05, 4.69) is 15.9 Å². The van der Waals surface area contributed by atoms with Crippen LogP contribution in [0, 0.1) is 0 Å². The molecule has 4 nitrogen and oxygen atoms in total. The summed E-state index contributed by atoms with van der Waals surface area (Å²) in [4.78, 5) is 12.5. The topological polar surface area (TPSA) is 44.8 Å². The number of ether oxygens (including phenoxy) is 3. The average molecular weight is 349 g/mol. The molecule has 0 radical (unpaired) electrons. The molecular weight excluding hydrogens is 336 g/mol. The number of carbonyl (C=O) groups is 1. The van der Waals surface area contributed by atoms with Crippen LogP contribution < -0.4 is 14.2 Å². The Labute approximate surface area is 130 Å². The first-order valence-electron chi connectivity index (χ1n) is 6.45. The van der Waals surface area contributed by atoms with Crippen LogP contribution >= 0.6 is 15.9 Å². The number of carbonyl (C=O) groups excluding carboxylic acids is 1. The maximum Gasteiger partial charge on any atom is 0.206 e. The van der Waals surface area contributed by atoms with E-state index in [1.165, 1.54) is 0 Å². The number of methoxy groups -OCH3 is 1. The van der Waals surface area contributed by atoms with Crippen LogP contribution in [-0.2, 0) is 0 Å². The van der Waals surface area contributed by atoms with E-state index in [1.54, 1.807) is 31.4 Å². The molecule has 1 aliphatic heterocycles. The Balaban J connectivity index is 1.82. The normalized spacial score (nSPS) is 16.4. The molecule has 1 atom stereocenters. The van der Waals surface area contributed by atoms with E-state index in [-0.39, 0.29) is 12.4 Å². The lowest BCUT2D eigenvalue weighted by molar-refractivity contribution is 0.0586. The Kier molecular flexibility index (Phi) is 3.84. The van der Waals surface area contributed by atoms with Crippen molar-refractivity contribution in [2.75, 3.05) is 13.7 Å².